The summed E-state index contributed by atoms with van der Waals surface area (Å²) in [6.07, 6.45) is 0.840. The van der Waals surface area contributed by atoms with Gasteiger partial charge >= 0.3 is 0 Å². The number of allylic oxidation sites excluding steroid dienone is 1. The number of nitrogens with zero attached hydrogens (tertiary/aromatic N) is 1. The van der Waals surface area contributed by atoms with Crippen molar-refractivity contribution in [1.29, 1.82) is 0 Å². The van der Waals surface area contributed by atoms with Crippen LogP contribution in [-0.2, 0) is 11.3 Å². The molecule has 0 saturated carbocycles. The van der Waals surface area contributed by atoms with Gasteiger partial charge in [0, 0.05) is 18.7 Å². The Labute approximate surface area is 125 Å². The molecule has 1 fully saturated rings. The summed E-state index contributed by atoms with van der Waals surface area (Å²) in [4.78, 5) is 14.5. The molecule has 1 aliphatic rings. The first kappa shape index (κ1) is 13.6. The Morgan fingerprint density at radius 3 is 2.29 bits per heavy atom. The summed E-state index contributed by atoms with van der Waals surface area (Å²) in [5.74, 6) is 0.181. The van der Waals surface area contributed by atoms with Gasteiger partial charge < -0.3 is 4.90 Å². The van der Waals surface area contributed by atoms with E-state index >= 15 is 0 Å². The van der Waals surface area contributed by atoms with Crippen molar-refractivity contribution in [1.82, 2.24) is 4.90 Å². The van der Waals surface area contributed by atoms with Gasteiger partial charge in [-0.15, -0.1) is 0 Å². The Morgan fingerprint density at radius 1 is 1.00 bits per heavy atom. The van der Waals surface area contributed by atoms with Crippen molar-refractivity contribution >= 4 is 11.5 Å². The number of hydrogen-bond acceptors (Lipinski definition) is 1. The first-order valence-electron chi connectivity index (χ1n) is 7.34. The van der Waals surface area contributed by atoms with Gasteiger partial charge in [0.1, 0.15) is 0 Å². The van der Waals surface area contributed by atoms with E-state index in [-0.39, 0.29) is 5.91 Å². The highest BCUT2D eigenvalue weighted by Gasteiger charge is 2.27. The second-order valence-electron chi connectivity index (χ2n) is 5.43. The fraction of sp³-hybridized carbons (Fsp3) is 0.211. The average molecular weight is 277 g/mol. The maximum atomic E-state index is 12.6. The van der Waals surface area contributed by atoms with E-state index in [9.17, 15) is 4.79 Å². The molecule has 0 spiro atoms. The SMILES string of the molecule is C/C(=C1\CCN(Cc2ccccc2)C1=O)c1ccccc1. The summed E-state index contributed by atoms with van der Waals surface area (Å²) in [7, 11) is 0. The lowest BCUT2D eigenvalue weighted by Crippen LogP contribution is -2.24. The molecule has 0 N–H and O–H groups in total. The molecule has 2 aromatic rings. The van der Waals surface area contributed by atoms with Crippen LogP contribution in [0.15, 0.2) is 66.2 Å². The number of benzene rings is 2. The topological polar surface area (TPSA) is 20.3 Å². The van der Waals surface area contributed by atoms with Gasteiger partial charge in [-0.05, 0) is 30.0 Å². The Kier molecular flexibility index (Phi) is 3.87. The fourth-order valence-electron chi connectivity index (χ4n) is 2.81. The van der Waals surface area contributed by atoms with Crippen LogP contribution in [0, 0.1) is 0 Å². The molecule has 1 heterocycles. The van der Waals surface area contributed by atoms with Gasteiger partial charge in [-0.3, -0.25) is 4.79 Å². The summed E-state index contributed by atoms with van der Waals surface area (Å²) in [6.45, 7) is 3.56. The molecule has 0 aliphatic carbocycles. The van der Waals surface area contributed by atoms with E-state index in [4.69, 9.17) is 0 Å². The van der Waals surface area contributed by atoms with Crippen molar-refractivity contribution in [3.8, 4) is 0 Å². The molecule has 0 bridgehead atoms. The Balaban J connectivity index is 1.80. The minimum Gasteiger partial charge on any atom is -0.334 e. The number of carbonyl (C=O) groups excluding carboxylic acids is 1. The molecule has 21 heavy (non-hydrogen) atoms. The van der Waals surface area contributed by atoms with E-state index in [2.05, 4.69) is 31.2 Å². The lowest BCUT2D eigenvalue weighted by molar-refractivity contribution is -0.125. The average Bonchev–Trinajstić information content (AvgIpc) is 2.89. The molecule has 1 saturated heterocycles. The summed E-state index contributed by atoms with van der Waals surface area (Å²) in [5, 5.41) is 0. The van der Waals surface area contributed by atoms with Crippen molar-refractivity contribution in [3.63, 3.8) is 0 Å². The maximum Gasteiger partial charge on any atom is 0.250 e. The predicted molar refractivity (Wildman–Crippen MR) is 85.5 cm³/mol. The van der Waals surface area contributed by atoms with Crippen LogP contribution < -0.4 is 0 Å². The zero-order valence-corrected chi connectivity index (χ0v) is 12.3. The fourth-order valence-corrected chi connectivity index (χ4v) is 2.81. The number of likely N-dealkylation sites (tertiary alicyclic amines) is 1. The highest BCUT2D eigenvalue weighted by Crippen LogP contribution is 2.27. The Hall–Kier alpha value is -2.35. The molecule has 1 amide bonds. The quantitative estimate of drug-likeness (QED) is 0.779. The van der Waals surface area contributed by atoms with Gasteiger partial charge in [0.2, 0.25) is 5.91 Å². The van der Waals surface area contributed by atoms with Crippen LogP contribution >= 0.6 is 0 Å². The molecule has 1 aliphatic heterocycles. The normalized spacial score (nSPS) is 17.2. The molecule has 2 nitrogen and oxygen atoms in total. The van der Waals surface area contributed by atoms with E-state index in [1.807, 2.05) is 41.3 Å². The Morgan fingerprint density at radius 2 is 1.62 bits per heavy atom. The van der Waals surface area contributed by atoms with Crippen LogP contribution in [-0.4, -0.2) is 17.4 Å². The summed E-state index contributed by atoms with van der Waals surface area (Å²) < 4.78 is 0. The third kappa shape index (κ3) is 2.89. The van der Waals surface area contributed by atoms with E-state index in [0.29, 0.717) is 6.54 Å². The van der Waals surface area contributed by atoms with Crippen molar-refractivity contribution in [3.05, 3.63) is 77.4 Å². The molecule has 0 aromatic heterocycles. The molecule has 3 rings (SSSR count). The molecular weight excluding hydrogens is 258 g/mol. The molecule has 2 aromatic carbocycles. The van der Waals surface area contributed by atoms with Crippen LogP contribution in [0.1, 0.15) is 24.5 Å². The van der Waals surface area contributed by atoms with Crippen LogP contribution in [0.25, 0.3) is 5.57 Å². The standard InChI is InChI=1S/C19H19NO/c1-15(17-10-6-3-7-11-17)18-12-13-20(19(18)21)14-16-8-4-2-5-9-16/h2-11H,12-14H2,1H3/b18-15-. The number of carbonyl (C=O) groups is 1. The van der Waals surface area contributed by atoms with Crippen molar-refractivity contribution in [2.24, 2.45) is 0 Å². The molecular formula is C19H19NO. The van der Waals surface area contributed by atoms with Gasteiger partial charge in [-0.2, -0.15) is 0 Å². The highest BCUT2D eigenvalue weighted by molar-refractivity contribution is 6.02. The number of amides is 1. The van der Waals surface area contributed by atoms with Gasteiger partial charge in [-0.1, -0.05) is 60.7 Å². The lowest BCUT2D eigenvalue weighted by atomic mass is 10.0. The maximum absolute atomic E-state index is 12.6. The summed E-state index contributed by atoms with van der Waals surface area (Å²) in [6, 6.07) is 20.3. The van der Waals surface area contributed by atoms with Crippen LogP contribution in [0.5, 0.6) is 0 Å². The second kappa shape index (κ2) is 5.96. The molecule has 0 atom stereocenters. The van der Waals surface area contributed by atoms with Crippen LogP contribution in [0.4, 0.5) is 0 Å². The van der Waals surface area contributed by atoms with Crippen LogP contribution in [0.2, 0.25) is 0 Å². The van der Waals surface area contributed by atoms with Crippen molar-refractivity contribution < 1.29 is 4.79 Å². The van der Waals surface area contributed by atoms with Gasteiger partial charge in [0.05, 0.1) is 0 Å². The first-order valence-corrected chi connectivity index (χ1v) is 7.34. The summed E-state index contributed by atoms with van der Waals surface area (Å²) in [5.41, 5.74) is 4.39. The number of hydrogen-bond donors (Lipinski definition) is 0. The molecule has 0 radical (unpaired) electrons. The largest absolute Gasteiger partial charge is 0.334 e. The molecule has 106 valence electrons. The van der Waals surface area contributed by atoms with E-state index in [1.165, 1.54) is 5.56 Å². The smallest absolute Gasteiger partial charge is 0.250 e. The minimum atomic E-state index is 0.181. The van der Waals surface area contributed by atoms with E-state index in [1.54, 1.807) is 0 Å². The number of rotatable bonds is 3. The minimum absolute atomic E-state index is 0.181. The predicted octanol–water partition coefficient (Wildman–Crippen LogP) is 3.89. The highest BCUT2D eigenvalue weighted by atomic mass is 16.2. The zero-order chi connectivity index (χ0) is 14.7. The third-order valence-corrected chi connectivity index (χ3v) is 4.05. The molecule has 2 heteroatoms. The van der Waals surface area contributed by atoms with Crippen molar-refractivity contribution in [2.75, 3.05) is 6.54 Å². The van der Waals surface area contributed by atoms with E-state index in [0.717, 1.165) is 29.7 Å². The first-order chi connectivity index (χ1) is 10.3. The second-order valence-corrected chi connectivity index (χ2v) is 5.43. The Bertz CT molecular complexity index is 658. The monoisotopic (exact) mass is 277 g/mol. The summed E-state index contributed by atoms with van der Waals surface area (Å²) >= 11 is 0. The van der Waals surface area contributed by atoms with Crippen LogP contribution in [0.3, 0.4) is 0 Å². The zero-order valence-electron chi connectivity index (χ0n) is 12.3. The van der Waals surface area contributed by atoms with Gasteiger partial charge in [0.25, 0.3) is 0 Å². The van der Waals surface area contributed by atoms with Gasteiger partial charge in [-0.25, -0.2) is 0 Å². The van der Waals surface area contributed by atoms with Crippen molar-refractivity contribution in [2.45, 2.75) is 19.9 Å². The van der Waals surface area contributed by atoms with E-state index < -0.39 is 0 Å². The lowest BCUT2D eigenvalue weighted by Gasteiger charge is -2.15. The third-order valence-electron chi connectivity index (χ3n) is 4.05. The molecule has 0 unspecified atom stereocenters. The van der Waals surface area contributed by atoms with Gasteiger partial charge in [0.15, 0.2) is 0 Å².